The molecular formula is C24H28ClN3O3. The fraction of sp³-hybridized carbons (Fsp3) is 0.417. The molecule has 1 atom stereocenters. The zero-order valence-electron chi connectivity index (χ0n) is 17.9. The van der Waals surface area contributed by atoms with Crippen molar-refractivity contribution in [1.82, 2.24) is 4.90 Å². The third-order valence-corrected chi connectivity index (χ3v) is 6.35. The second-order valence-corrected chi connectivity index (χ2v) is 8.66. The van der Waals surface area contributed by atoms with E-state index in [9.17, 15) is 9.59 Å². The summed E-state index contributed by atoms with van der Waals surface area (Å²) in [4.78, 5) is 29.8. The number of hydrogen-bond donors (Lipinski definition) is 1. The van der Waals surface area contributed by atoms with E-state index in [0.717, 1.165) is 29.1 Å². The van der Waals surface area contributed by atoms with Crippen LogP contribution in [0.15, 0.2) is 42.5 Å². The molecule has 2 aromatic carbocycles. The molecule has 3 amide bonds. The van der Waals surface area contributed by atoms with Crippen molar-refractivity contribution >= 4 is 34.9 Å². The molecule has 1 fully saturated rings. The Hall–Kier alpha value is -2.73. The molecule has 0 radical (unpaired) electrons. The average molecular weight is 442 g/mol. The van der Waals surface area contributed by atoms with Crippen LogP contribution in [0.25, 0.3) is 0 Å². The first-order chi connectivity index (χ1) is 15.0. The van der Waals surface area contributed by atoms with Crippen molar-refractivity contribution in [1.29, 1.82) is 0 Å². The fourth-order valence-electron chi connectivity index (χ4n) is 4.16. The highest BCUT2D eigenvalue weighted by molar-refractivity contribution is 6.31. The SMILES string of the molecule is CC[C@@H]1CN(C(=O)N2CCC(C(=O)Nc3cc(Cl)ccc3C)CC2)c2ccccc2O1. The molecule has 2 aliphatic rings. The summed E-state index contributed by atoms with van der Waals surface area (Å²) in [5, 5.41) is 3.60. The number of nitrogens with zero attached hydrogens (tertiary/aromatic N) is 2. The summed E-state index contributed by atoms with van der Waals surface area (Å²) in [6.45, 7) is 5.66. The molecule has 0 saturated carbocycles. The molecular weight excluding hydrogens is 414 g/mol. The summed E-state index contributed by atoms with van der Waals surface area (Å²) in [5.41, 5.74) is 2.53. The molecule has 1 N–H and O–H groups in total. The van der Waals surface area contributed by atoms with Crippen LogP contribution in [-0.2, 0) is 4.79 Å². The van der Waals surface area contributed by atoms with Gasteiger partial charge in [-0.1, -0.05) is 36.7 Å². The quantitative estimate of drug-likeness (QED) is 0.721. The summed E-state index contributed by atoms with van der Waals surface area (Å²) in [5.74, 6) is 0.614. The molecule has 2 aromatic rings. The normalized spacial score (nSPS) is 18.9. The number of amides is 3. The number of fused-ring (bicyclic) bond motifs is 1. The minimum absolute atomic E-state index is 0.0110. The first-order valence-electron chi connectivity index (χ1n) is 10.9. The monoisotopic (exact) mass is 441 g/mol. The molecule has 0 unspecified atom stereocenters. The van der Waals surface area contributed by atoms with Crippen LogP contribution in [0.5, 0.6) is 5.75 Å². The second-order valence-electron chi connectivity index (χ2n) is 8.22. The number of benzene rings is 2. The molecule has 2 heterocycles. The number of halogens is 1. The second kappa shape index (κ2) is 9.18. The molecule has 6 nitrogen and oxygen atoms in total. The van der Waals surface area contributed by atoms with Gasteiger partial charge in [-0.05, 0) is 56.0 Å². The van der Waals surface area contributed by atoms with E-state index in [1.807, 2.05) is 53.1 Å². The standard InChI is InChI=1S/C24H28ClN3O3/c1-3-19-15-28(21-6-4-5-7-22(21)31-19)24(30)27-12-10-17(11-13-27)23(29)26-20-14-18(25)9-8-16(20)2/h4-9,14,17,19H,3,10-13,15H2,1-2H3,(H,26,29)/t19-/m1/s1. The average Bonchev–Trinajstić information content (AvgIpc) is 2.80. The predicted molar refractivity (Wildman–Crippen MR) is 123 cm³/mol. The number of anilines is 2. The highest BCUT2D eigenvalue weighted by Crippen LogP contribution is 2.35. The van der Waals surface area contributed by atoms with Crippen LogP contribution >= 0.6 is 11.6 Å². The topological polar surface area (TPSA) is 61.9 Å². The number of urea groups is 1. The van der Waals surface area contributed by atoms with Crippen molar-refractivity contribution < 1.29 is 14.3 Å². The van der Waals surface area contributed by atoms with E-state index in [4.69, 9.17) is 16.3 Å². The van der Waals surface area contributed by atoms with Gasteiger partial charge in [-0.15, -0.1) is 0 Å². The van der Waals surface area contributed by atoms with Gasteiger partial charge in [0.2, 0.25) is 5.91 Å². The molecule has 0 aromatic heterocycles. The molecule has 0 spiro atoms. The number of nitrogens with one attached hydrogen (secondary N) is 1. The van der Waals surface area contributed by atoms with Crippen molar-refractivity contribution in [3.63, 3.8) is 0 Å². The minimum Gasteiger partial charge on any atom is -0.486 e. The number of hydrogen-bond acceptors (Lipinski definition) is 3. The number of carbonyl (C=O) groups is 2. The maximum absolute atomic E-state index is 13.3. The van der Waals surface area contributed by atoms with Crippen LogP contribution in [0, 0.1) is 12.8 Å². The smallest absolute Gasteiger partial charge is 0.324 e. The first-order valence-corrected chi connectivity index (χ1v) is 11.2. The van der Waals surface area contributed by atoms with Crippen LogP contribution in [0.3, 0.4) is 0 Å². The summed E-state index contributed by atoms with van der Waals surface area (Å²) in [6.07, 6.45) is 2.10. The van der Waals surface area contributed by atoms with E-state index in [1.165, 1.54) is 0 Å². The minimum atomic E-state index is -0.122. The van der Waals surface area contributed by atoms with Crippen molar-refractivity contribution in [3.05, 3.63) is 53.1 Å². The fourth-order valence-corrected chi connectivity index (χ4v) is 4.33. The van der Waals surface area contributed by atoms with E-state index >= 15 is 0 Å². The predicted octanol–water partition coefficient (Wildman–Crippen LogP) is 5.10. The Morgan fingerprint density at radius 2 is 1.90 bits per heavy atom. The van der Waals surface area contributed by atoms with Gasteiger partial charge < -0.3 is 15.0 Å². The number of piperidine rings is 1. The Labute approximate surface area is 188 Å². The van der Waals surface area contributed by atoms with E-state index < -0.39 is 0 Å². The Bertz CT molecular complexity index is 972. The van der Waals surface area contributed by atoms with Crippen molar-refractivity contribution in [2.45, 2.75) is 39.2 Å². The lowest BCUT2D eigenvalue weighted by Gasteiger charge is -2.39. The van der Waals surface area contributed by atoms with Crippen molar-refractivity contribution in [3.8, 4) is 5.75 Å². The van der Waals surface area contributed by atoms with Crippen molar-refractivity contribution in [2.75, 3.05) is 29.9 Å². The Morgan fingerprint density at radius 3 is 2.65 bits per heavy atom. The zero-order valence-corrected chi connectivity index (χ0v) is 18.7. The number of carbonyl (C=O) groups excluding carboxylic acids is 2. The molecule has 0 aliphatic carbocycles. The van der Waals surface area contributed by atoms with Crippen LogP contribution in [0.1, 0.15) is 31.7 Å². The molecule has 2 aliphatic heterocycles. The van der Waals surface area contributed by atoms with E-state index in [1.54, 1.807) is 6.07 Å². The summed E-state index contributed by atoms with van der Waals surface area (Å²) in [6, 6.07) is 13.1. The number of para-hydroxylation sites is 2. The number of likely N-dealkylation sites (tertiary alicyclic amines) is 1. The van der Waals surface area contributed by atoms with Gasteiger partial charge in [0.05, 0.1) is 12.2 Å². The third-order valence-electron chi connectivity index (χ3n) is 6.12. The first kappa shape index (κ1) is 21.5. The maximum Gasteiger partial charge on any atom is 0.324 e. The van der Waals surface area contributed by atoms with Gasteiger partial charge >= 0.3 is 6.03 Å². The van der Waals surface area contributed by atoms with E-state index in [2.05, 4.69) is 12.2 Å². The maximum atomic E-state index is 13.3. The highest BCUT2D eigenvalue weighted by atomic mass is 35.5. The van der Waals surface area contributed by atoms with E-state index in [0.29, 0.717) is 37.5 Å². The van der Waals surface area contributed by atoms with Gasteiger partial charge in [0.1, 0.15) is 11.9 Å². The van der Waals surface area contributed by atoms with Gasteiger partial charge in [0, 0.05) is 29.7 Å². The lowest BCUT2D eigenvalue weighted by molar-refractivity contribution is -0.121. The number of ether oxygens (including phenoxy) is 1. The van der Waals surface area contributed by atoms with E-state index in [-0.39, 0.29) is 24.0 Å². The van der Waals surface area contributed by atoms with Gasteiger partial charge in [0.15, 0.2) is 0 Å². The highest BCUT2D eigenvalue weighted by Gasteiger charge is 2.34. The Balaban J connectivity index is 1.39. The third kappa shape index (κ3) is 4.64. The summed E-state index contributed by atoms with van der Waals surface area (Å²) in [7, 11) is 0. The van der Waals surface area contributed by atoms with Crippen LogP contribution < -0.4 is 15.0 Å². The number of rotatable bonds is 3. The van der Waals surface area contributed by atoms with Gasteiger partial charge in [0.25, 0.3) is 0 Å². The van der Waals surface area contributed by atoms with Gasteiger partial charge in [-0.2, -0.15) is 0 Å². The lowest BCUT2D eigenvalue weighted by Crippen LogP contribution is -2.52. The Kier molecular flexibility index (Phi) is 6.37. The molecule has 1 saturated heterocycles. The molecule has 31 heavy (non-hydrogen) atoms. The lowest BCUT2D eigenvalue weighted by atomic mass is 9.95. The molecule has 7 heteroatoms. The van der Waals surface area contributed by atoms with Gasteiger partial charge in [-0.3, -0.25) is 9.69 Å². The van der Waals surface area contributed by atoms with Crippen LogP contribution in [0.2, 0.25) is 5.02 Å². The molecule has 4 rings (SSSR count). The van der Waals surface area contributed by atoms with Crippen LogP contribution in [0.4, 0.5) is 16.2 Å². The van der Waals surface area contributed by atoms with Crippen LogP contribution in [-0.4, -0.2) is 42.6 Å². The largest absolute Gasteiger partial charge is 0.486 e. The molecule has 164 valence electrons. The molecule has 0 bridgehead atoms. The number of aryl methyl sites for hydroxylation is 1. The Morgan fingerprint density at radius 1 is 1.16 bits per heavy atom. The summed E-state index contributed by atoms with van der Waals surface area (Å²) >= 11 is 6.06. The summed E-state index contributed by atoms with van der Waals surface area (Å²) < 4.78 is 6.00. The zero-order chi connectivity index (χ0) is 22.0. The van der Waals surface area contributed by atoms with Gasteiger partial charge in [-0.25, -0.2) is 4.79 Å². The van der Waals surface area contributed by atoms with Crippen molar-refractivity contribution in [2.24, 2.45) is 5.92 Å².